The average Bonchev–Trinajstić information content (AvgIpc) is 4.20. The van der Waals surface area contributed by atoms with E-state index in [1.165, 1.54) is 16.6 Å². The molecule has 348 valence electrons. The van der Waals surface area contributed by atoms with Crippen LogP contribution in [0.4, 0.5) is 34.1 Å². The van der Waals surface area contributed by atoms with Gasteiger partial charge in [0, 0.05) is 61.0 Å². The number of nitrogens with zero attached hydrogens (tertiary/aromatic N) is 2. The lowest BCUT2D eigenvalue weighted by Gasteiger charge is -2.43. The summed E-state index contributed by atoms with van der Waals surface area (Å²) in [6.45, 7) is 15.7. The van der Waals surface area contributed by atoms with E-state index in [1.807, 2.05) is 42.7 Å². The van der Waals surface area contributed by atoms with Crippen molar-refractivity contribution in [1.29, 1.82) is 0 Å². The molecule has 0 atom stereocenters. The van der Waals surface area contributed by atoms with Crippen LogP contribution >= 0.6 is 0 Å². The summed E-state index contributed by atoms with van der Waals surface area (Å²) in [5, 5.41) is 4.35. The van der Waals surface area contributed by atoms with Crippen molar-refractivity contribution < 1.29 is 17.7 Å². The number of furan rings is 4. The van der Waals surface area contributed by atoms with Crippen molar-refractivity contribution in [1.82, 2.24) is 0 Å². The van der Waals surface area contributed by atoms with Gasteiger partial charge >= 0.3 is 0 Å². The third-order valence-corrected chi connectivity index (χ3v) is 15.2. The molecule has 2 aliphatic rings. The van der Waals surface area contributed by atoms with Crippen LogP contribution in [0.15, 0.2) is 194 Å². The minimum atomic E-state index is -0.236. The van der Waals surface area contributed by atoms with Crippen LogP contribution in [-0.4, -0.2) is 6.71 Å². The molecule has 0 saturated carbocycles. The molecule has 0 unspecified atom stereocenters. The van der Waals surface area contributed by atoms with Gasteiger partial charge in [-0.05, 0) is 149 Å². The second kappa shape index (κ2) is 15.5. The molecular weight excluding hydrogens is 884 g/mol. The first-order chi connectivity index (χ1) is 34.9. The van der Waals surface area contributed by atoms with Crippen LogP contribution in [0.25, 0.3) is 77.7 Å². The van der Waals surface area contributed by atoms with E-state index >= 15 is 0 Å². The Bertz CT molecular complexity index is 4100. The molecule has 0 saturated heterocycles. The van der Waals surface area contributed by atoms with Crippen molar-refractivity contribution in [3.8, 4) is 33.8 Å². The van der Waals surface area contributed by atoms with Crippen molar-refractivity contribution in [2.75, 3.05) is 9.80 Å². The number of hydrogen-bond donors (Lipinski definition) is 0. The fourth-order valence-electron chi connectivity index (χ4n) is 11.7. The highest BCUT2D eigenvalue weighted by molar-refractivity contribution is 7.00. The minimum Gasteiger partial charge on any atom is -0.468 e. The molecular formula is C65H51BN2O4. The Kier molecular flexibility index (Phi) is 9.17. The molecule has 0 aliphatic carbocycles. The van der Waals surface area contributed by atoms with Crippen molar-refractivity contribution in [3.05, 3.63) is 198 Å². The van der Waals surface area contributed by atoms with Crippen LogP contribution in [0, 0.1) is 13.8 Å². The topological polar surface area (TPSA) is 59.0 Å². The lowest BCUT2D eigenvalue weighted by atomic mass is 9.35. The number of fused-ring (bicyclic) bond motifs is 9. The summed E-state index contributed by atoms with van der Waals surface area (Å²) in [5.74, 6) is 1.87. The summed E-state index contributed by atoms with van der Waals surface area (Å²) in [4.78, 5) is 5.03. The summed E-state index contributed by atoms with van der Waals surface area (Å²) in [6, 6.07) is 61.1. The number of hydrogen-bond acceptors (Lipinski definition) is 6. The number of aryl methyl sites for hydroxylation is 2. The van der Waals surface area contributed by atoms with E-state index in [-0.39, 0.29) is 18.0 Å². The first-order valence-electron chi connectivity index (χ1n) is 25.1. The van der Waals surface area contributed by atoms with Crippen LogP contribution in [0.2, 0.25) is 0 Å². The van der Waals surface area contributed by atoms with E-state index in [9.17, 15) is 0 Å². The molecule has 4 aromatic heterocycles. The second-order valence-corrected chi connectivity index (χ2v) is 21.2. The van der Waals surface area contributed by atoms with Gasteiger partial charge in [-0.25, -0.2) is 0 Å². The van der Waals surface area contributed by atoms with Crippen LogP contribution in [0.1, 0.15) is 62.8 Å². The molecule has 2 aliphatic heterocycles. The first-order valence-corrected chi connectivity index (χ1v) is 25.1. The monoisotopic (exact) mass is 934 g/mol. The SMILES string of the molecule is Cc1cc(-c2coc3ccccc23)cc(C)c1N1c2cc(C(C)C)cc3c2B(c2ccc(-c4cc5ccccc5o4)cc2N3c2cccc(-c3cc4ccccc4o3)c2)c2oc3ccc(C(C)(C)C)cc3c21. The Morgan fingerprint density at radius 3 is 1.83 bits per heavy atom. The van der Waals surface area contributed by atoms with Gasteiger partial charge in [-0.2, -0.15) is 0 Å². The Hall–Kier alpha value is -8.42. The standard InChI is InChI=1S/C65H51BN2O4/c1-37(2)44-31-53-61-54(32-44)68(62-38(3)27-45(28-39(62)4)50-36-69-57-22-13-10-19-48(50)57)63-49-35-46(65(5,6)7)24-26-58(49)72-64(63)66(61)51-25-23-43(60-34-42-16-9-12-21-56(42)71-60)30-52(51)67(53)47-18-14-17-40(29-47)59-33-41-15-8-11-20-55(41)70-59/h8-37H,1-7H3. The molecule has 0 spiro atoms. The molecule has 0 bridgehead atoms. The van der Waals surface area contributed by atoms with Crippen LogP contribution < -0.4 is 26.4 Å². The Morgan fingerprint density at radius 1 is 0.500 bits per heavy atom. The maximum absolute atomic E-state index is 7.40. The molecule has 12 aromatic rings. The van der Waals surface area contributed by atoms with Gasteiger partial charge < -0.3 is 27.5 Å². The van der Waals surface area contributed by atoms with Gasteiger partial charge in [0.15, 0.2) is 0 Å². The van der Waals surface area contributed by atoms with E-state index < -0.39 is 0 Å². The largest absolute Gasteiger partial charge is 0.468 e. The average molecular weight is 935 g/mol. The van der Waals surface area contributed by atoms with Gasteiger partial charge in [-0.1, -0.05) is 120 Å². The third-order valence-electron chi connectivity index (χ3n) is 15.2. The smallest absolute Gasteiger partial charge is 0.297 e. The Labute approximate surface area is 418 Å². The number of anilines is 6. The molecule has 6 nitrogen and oxygen atoms in total. The van der Waals surface area contributed by atoms with Crippen LogP contribution in [0.3, 0.4) is 0 Å². The van der Waals surface area contributed by atoms with Gasteiger partial charge in [0.2, 0.25) is 0 Å². The van der Waals surface area contributed by atoms with E-state index in [1.54, 1.807) is 0 Å². The molecule has 0 fully saturated rings. The summed E-state index contributed by atoms with van der Waals surface area (Å²) >= 11 is 0. The zero-order valence-electron chi connectivity index (χ0n) is 41.4. The van der Waals surface area contributed by atoms with E-state index in [0.29, 0.717) is 0 Å². The molecule has 7 heteroatoms. The summed E-state index contributed by atoms with van der Waals surface area (Å²) < 4.78 is 26.7. The summed E-state index contributed by atoms with van der Waals surface area (Å²) in [6.07, 6.45) is 1.90. The Balaban J connectivity index is 1.06. The maximum Gasteiger partial charge on any atom is 0.297 e. The lowest BCUT2D eigenvalue weighted by Crippen LogP contribution is -2.61. The van der Waals surface area contributed by atoms with E-state index in [2.05, 4.69) is 192 Å². The number of benzene rings is 8. The number of para-hydroxylation sites is 3. The van der Waals surface area contributed by atoms with Gasteiger partial charge in [0.25, 0.3) is 6.71 Å². The van der Waals surface area contributed by atoms with Gasteiger partial charge in [-0.3, -0.25) is 0 Å². The molecule has 8 aromatic carbocycles. The number of rotatable bonds is 6. The molecule has 6 heterocycles. The van der Waals surface area contributed by atoms with Crippen molar-refractivity contribution in [2.45, 2.75) is 59.8 Å². The quantitative estimate of drug-likeness (QED) is 0.155. The van der Waals surface area contributed by atoms with Crippen LogP contribution in [0.5, 0.6) is 0 Å². The van der Waals surface area contributed by atoms with Crippen molar-refractivity contribution in [2.24, 2.45) is 0 Å². The second-order valence-electron chi connectivity index (χ2n) is 21.2. The predicted molar refractivity (Wildman–Crippen MR) is 298 cm³/mol. The normalized spacial score (nSPS) is 13.2. The van der Waals surface area contributed by atoms with Gasteiger partial charge in [0.1, 0.15) is 33.9 Å². The predicted octanol–water partition coefficient (Wildman–Crippen LogP) is 16.8. The van der Waals surface area contributed by atoms with Crippen LogP contribution in [-0.2, 0) is 5.41 Å². The molecule has 72 heavy (non-hydrogen) atoms. The first kappa shape index (κ1) is 42.5. The zero-order chi connectivity index (χ0) is 48.7. The Morgan fingerprint density at radius 2 is 1.15 bits per heavy atom. The van der Waals surface area contributed by atoms with Crippen molar-refractivity contribution >= 4 is 101 Å². The highest BCUT2D eigenvalue weighted by Crippen LogP contribution is 2.51. The molecule has 0 amide bonds. The summed E-state index contributed by atoms with van der Waals surface area (Å²) in [5.41, 5.74) is 22.3. The maximum atomic E-state index is 7.40. The zero-order valence-corrected chi connectivity index (χ0v) is 41.4. The fraction of sp³-hybridized carbons (Fsp3) is 0.138. The fourth-order valence-corrected chi connectivity index (χ4v) is 11.7. The third kappa shape index (κ3) is 6.42. The lowest BCUT2D eigenvalue weighted by molar-refractivity contribution is 0.590. The summed E-state index contributed by atoms with van der Waals surface area (Å²) in [7, 11) is 0. The van der Waals surface area contributed by atoms with Gasteiger partial charge in [-0.15, -0.1) is 0 Å². The molecule has 0 radical (unpaired) electrons. The highest BCUT2D eigenvalue weighted by atomic mass is 16.3. The molecule has 14 rings (SSSR count). The van der Waals surface area contributed by atoms with E-state index in [4.69, 9.17) is 17.7 Å². The van der Waals surface area contributed by atoms with Crippen molar-refractivity contribution in [3.63, 3.8) is 0 Å². The minimum absolute atomic E-state index is 0.0868. The highest BCUT2D eigenvalue weighted by Gasteiger charge is 2.48. The van der Waals surface area contributed by atoms with E-state index in [0.717, 1.165) is 134 Å². The van der Waals surface area contributed by atoms with Gasteiger partial charge in [0.05, 0.1) is 23.3 Å². The molecule has 0 N–H and O–H groups in total.